The minimum Gasteiger partial charge on any atom is -0.385 e. The zero-order valence-electron chi connectivity index (χ0n) is 10.5. The Morgan fingerprint density at radius 1 is 1.20 bits per heavy atom. The maximum atomic E-state index is 13.6. The van der Waals surface area contributed by atoms with Gasteiger partial charge in [0.15, 0.2) is 0 Å². The van der Waals surface area contributed by atoms with Crippen molar-refractivity contribution >= 4 is 40.5 Å². The van der Waals surface area contributed by atoms with Crippen LogP contribution in [0.3, 0.4) is 0 Å². The van der Waals surface area contributed by atoms with Crippen LogP contribution in [0.1, 0.15) is 10.4 Å². The molecule has 0 spiro atoms. The zero-order chi connectivity index (χ0) is 14.7. The molecule has 6 heteroatoms. The van der Waals surface area contributed by atoms with Crippen LogP contribution >= 0.6 is 23.2 Å². The van der Waals surface area contributed by atoms with Crippen molar-refractivity contribution in [2.45, 2.75) is 0 Å². The fraction of sp³-hybridized carbons (Fsp3) is 0.0714. The molecule has 0 fully saturated rings. The summed E-state index contributed by atoms with van der Waals surface area (Å²) in [5, 5.41) is 6.06. The van der Waals surface area contributed by atoms with E-state index in [1.165, 1.54) is 24.3 Å². The summed E-state index contributed by atoms with van der Waals surface area (Å²) in [4.78, 5) is 12.2. The first-order chi connectivity index (χ1) is 9.52. The van der Waals surface area contributed by atoms with Gasteiger partial charge in [-0.25, -0.2) is 4.39 Å². The fourth-order valence-corrected chi connectivity index (χ4v) is 2.09. The molecule has 0 aromatic heterocycles. The number of hydrogen-bond acceptors (Lipinski definition) is 2. The predicted molar refractivity (Wildman–Crippen MR) is 80.4 cm³/mol. The van der Waals surface area contributed by atoms with Gasteiger partial charge < -0.3 is 10.6 Å². The molecule has 0 unspecified atom stereocenters. The van der Waals surface area contributed by atoms with E-state index in [4.69, 9.17) is 23.2 Å². The second-order valence-corrected chi connectivity index (χ2v) is 4.83. The number of carbonyl (C=O) groups is 1. The molecule has 0 aliphatic carbocycles. The molecule has 0 heterocycles. The second kappa shape index (κ2) is 6.11. The van der Waals surface area contributed by atoms with Crippen molar-refractivity contribution in [1.29, 1.82) is 0 Å². The van der Waals surface area contributed by atoms with Gasteiger partial charge in [-0.2, -0.15) is 0 Å². The van der Waals surface area contributed by atoms with Crippen molar-refractivity contribution < 1.29 is 9.18 Å². The number of anilines is 2. The van der Waals surface area contributed by atoms with Gasteiger partial charge in [0.1, 0.15) is 5.82 Å². The molecule has 0 atom stereocenters. The van der Waals surface area contributed by atoms with E-state index in [-0.39, 0.29) is 11.3 Å². The minimum absolute atomic E-state index is 0.128. The highest BCUT2D eigenvalue weighted by Gasteiger charge is 2.15. The van der Waals surface area contributed by atoms with Crippen molar-refractivity contribution in [3.05, 3.63) is 57.8 Å². The molecule has 0 aliphatic rings. The van der Waals surface area contributed by atoms with Gasteiger partial charge >= 0.3 is 0 Å². The van der Waals surface area contributed by atoms with Gasteiger partial charge in [0.05, 0.1) is 22.0 Å². The molecular weight excluding hydrogens is 302 g/mol. The third kappa shape index (κ3) is 3.03. The quantitative estimate of drug-likeness (QED) is 0.880. The van der Waals surface area contributed by atoms with E-state index >= 15 is 0 Å². The maximum Gasteiger partial charge on any atom is 0.257 e. The number of halogens is 3. The van der Waals surface area contributed by atoms with E-state index in [2.05, 4.69) is 10.6 Å². The summed E-state index contributed by atoms with van der Waals surface area (Å²) in [6.07, 6.45) is 0. The summed E-state index contributed by atoms with van der Waals surface area (Å²) in [7, 11) is 1.54. The average molecular weight is 313 g/mol. The summed E-state index contributed by atoms with van der Waals surface area (Å²) in [6.45, 7) is 0. The summed E-state index contributed by atoms with van der Waals surface area (Å²) < 4.78 is 13.6. The van der Waals surface area contributed by atoms with Crippen LogP contribution in [0.5, 0.6) is 0 Å². The summed E-state index contributed by atoms with van der Waals surface area (Å²) in [5.41, 5.74) is 0.683. The number of rotatable bonds is 3. The standard InChI is InChI=1S/C14H11Cl2FN2O/c1-18-13-9(3-2-4-11(13)17)14(20)19-12-7-8(15)5-6-10(12)16/h2-7,18H,1H3,(H,19,20). The van der Waals surface area contributed by atoms with E-state index in [0.717, 1.165) is 0 Å². The predicted octanol–water partition coefficient (Wildman–Crippen LogP) is 4.43. The largest absolute Gasteiger partial charge is 0.385 e. The van der Waals surface area contributed by atoms with Gasteiger partial charge in [-0.1, -0.05) is 29.3 Å². The van der Waals surface area contributed by atoms with Crippen molar-refractivity contribution in [3.8, 4) is 0 Å². The first-order valence-corrected chi connectivity index (χ1v) is 6.51. The number of nitrogens with one attached hydrogen (secondary N) is 2. The number of carbonyl (C=O) groups excluding carboxylic acids is 1. The molecule has 0 bridgehead atoms. The lowest BCUT2D eigenvalue weighted by Crippen LogP contribution is -2.15. The summed E-state index contributed by atoms with van der Waals surface area (Å²) >= 11 is 11.8. The van der Waals surface area contributed by atoms with Crippen LogP contribution in [-0.2, 0) is 0 Å². The number of benzene rings is 2. The van der Waals surface area contributed by atoms with Crippen molar-refractivity contribution in [2.75, 3.05) is 17.7 Å². The molecule has 104 valence electrons. The molecule has 1 amide bonds. The lowest BCUT2D eigenvalue weighted by molar-refractivity contribution is 0.102. The Kier molecular flexibility index (Phi) is 4.47. The molecule has 0 aliphatic heterocycles. The van der Waals surface area contributed by atoms with Gasteiger partial charge in [0.2, 0.25) is 0 Å². The van der Waals surface area contributed by atoms with Gasteiger partial charge in [-0.3, -0.25) is 4.79 Å². The first kappa shape index (κ1) is 14.6. The van der Waals surface area contributed by atoms with Crippen molar-refractivity contribution in [3.63, 3.8) is 0 Å². The molecule has 0 radical (unpaired) electrons. The van der Waals surface area contributed by atoms with E-state index in [1.54, 1.807) is 19.2 Å². The normalized spacial score (nSPS) is 10.2. The summed E-state index contributed by atoms with van der Waals surface area (Å²) in [5.74, 6) is -0.977. The highest BCUT2D eigenvalue weighted by molar-refractivity contribution is 6.36. The van der Waals surface area contributed by atoms with Gasteiger partial charge in [0.25, 0.3) is 5.91 Å². The molecule has 0 saturated heterocycles. The first-order valence-electron chi connectivity index (χ1n) is 5.75. The Bertz CT molecular complexity index is 662. The molecule has 2 N–H and O–H groups in total. The zero-order valence-corrected chi connectivity index (χ0v) is 12.0. The van der Waals surface area contributed by atoms with E-state index < -0.39 is 11.7 Å². The lowest BCUT2D eigenvalue weighted by atomic mass is 10.1. The Hall–Kier alpha value is -1.78. The van der Waals surface area contributed by atoms with Crippen molar-refractivity contribution in [2.24, 2.45) is 0 Å². The molecule has 20 heavy (non-hydrogen) atoms. The summed E-state index contributed by atoms with van der Waals surface area (Å²) in [6, 6.07) is 8.97. The minimum atomic E-state index is -0.502. The van der Waals surface area contributed by atoms with E-state index in [1.807, 2.05) is 0 Å². The Labute approximate surface area is 125 Å². The molecule has 2 aromatic rings. The SMILES string of the molecule is CNc1c(F)cccc1C(=O)Nc1cc(Cl)ccc1Cl. The van der Waals surface area contributed by atoms with Crippen LogP contribution in [0.4, 0.5) is 15.8 Å². The highest BCUT2D eigenvalue weighted by atomic mass is 35.5. The van der Waals surface area contributed by atoms with Gasteiger partial charge in [-0.05, 0) is 30.3 Å². The number of para-hydroxylation sites is 1. The monoisotopic (exact) mass is 312 g/mol. The Morgan fingerprint density at radius 3 is 2.65 bits per heavy atom. The molecular formula is C14H11Cl2FN2O. The Balaban J connectivity index is 2.33. The van der Waals surface area contributed by atoms with Crippen molar-refractivity contribution in [1.82, 2.24) is 0 Å². The highest BCUT2D eigenvalue weighted by Crippen LogP contribution is 2.27. The van der Waals surface area contributed by atoms with Crippen LogP contribution in [0.15, 0.2) is 36.4 Å². The van der Waals surface area contributed by atoms with Crippen LogP contribution in [-0.4, -0.2) is 13.0 Å². The smallest absolute Gasteiger partial charge is 0.257 e. The van der Waals surface area contributed by atoms with Crippen LogP contribution in [0.2, 0.25) is 10.0 Å². The third-order valence-electron chi connectivity index (χ3n) is 2.68. The van der Waals surface area contributed by atoms with Gasteiger partial charge in [0, 0.05) is 12.1 Å². The number of amides is 1. The lowest BCUT2D eigenvalue weighted by Gasteiger charge is -2.11. The van der Waals surface area contributed by atoms with Gasteiger partial charge in [-0.15, -0.1) is 0 Å². The van der Waals surface area contributed by atoms with Crippen LogP contribution in [0.25, 0.3) is 0 Å². The molecule has 3 nitrogen and oxygen atoms in total. The maximum absolute atomic E-state index is 13.6. The average Bonchev–Trinajstić information content (AvgIpc) is 2.42. The topological polar surface area (TPSA) is 41.1 Å². The molecule has 0 saturated carbocycles. The molecule has 2 aromatic carbocycles. The fourth-order valence-electron chi connectivity index (χ4n) is 1.75. The van der Waals surface area contributed by atoms with Crippen LogP contribution in [0, 0.1) is 5.82 Å². The Morgan fingerprint density at radius 2 is 1.95 bits per heavy atom. The second-order valence-electron chi connectivity index (χ2n) is 3.99. The van der Waals surface area contributed by atoms with E-state index in [9.17, 15) is 9.18 Å². The number of hydrogen-bond donors (Lipinski definition) is 2. The molecule has 2 rings (SSSR count). The van der Waals surface area contributed by atoms with Crippen LogP contribution < -0.4 is 10.6 Å². The van der Waals surface area contributed by atoms with E-state index in [0.29, 0.717) is 15.7 Å². The third-order valence-corrected chi connectivity index (χ3v) is 3.25.